The molecule has 0 fully saturated rings. The Morgan fingerprint density at radius 3 is 0.783 bits per heavy atom. The minimum atomic E-state index is -0.822. The average molecular weight is 1140 g/mol. The van der Waals surface area contributed by atoms with Crippen LogP contribution in [-0.2, 0) is 28.6 Å². The monoisotopic (exact) mass is 1140 g/mol. The lowest BCUT2D eigenvalue weighted by molar-refractivity contribution is -0.167. The summed E-state index contributed by atoms with van der Waals surface area (Å²) in [7, 11) is 0. The number of unbranched alkanes of at least 4 members (excludes halogenated alkanes) is 20. The molecule has 0 aliphatic rings. The molecule has 0 aromatic carbocycles. The first-order valence-electron chi connectivity index (χ1n) is 33.6. The van der Waals surface area contributed by atoms with E-state index < -0.39 is 6.10 Å². The zero-order chi connectivity index (χ0) is 59.9. The molecule has 0 heterocycles. The molecule has 0 spiro atoms. The first kappa shape index (κ1) is 77.8. The number of ether oxygens (including phenoxy) is 3. The molecule has 83 heavy (non-hydrogen) atoms. The average Bonchev–Trinajstić information content (AvgIpc) is 3.49. The predicted molar refractivity (Wildman–Crippen MR) is 361 cm³/mol. The molecule has 0 rings (SSSR count). The highest BCUT2D eigenvalue weighted by molar-refractivity contribution is 5.71. The van der Waals surface area contributed by atoms with E-state index in [0.29, 0.717) is 19.3 Å². The molecule has 0 saturated carbocycles. The molecule has 466 valence electrons. The van der Waals surface area contributed by atoms with Gasteiger partial charge in [-0.2, -0.15) is 0 Å². The van der Waals surface area contributed by atoms with Gasteiger partial charge in [0, 0.05) is 19.3 Å². The largest absolute Gasteiger partial charge is 0.462 e. The van der Waals surface area contributed by atoms with E-state index >= 15 is 0 Å². The van der Waals surface area contributed by atoms with Crippen LogP contribution in [0.2, 0.25) is 0 Å². The normalized spacial score (nSPS) is 13.2. The number of carbonyl (C=O) groups excluding carboxylic acids is 3. The van der Waals surface area contributed by atoms with Gasteiger partial charge in [0.25, 0.3) is 0 Å². The molecular weight excluding hydrogens is 1020 g/mol. The summed E-state index contributed by atoms with van der Waals surface area (Å²) in [5.74, 6) is -0.998. The molecule has 0 aliphatic carbocycles. The molecule has 0 N–H and O–H groups in total. The second-order valence-electron chi connectivity index (χ2n) is 21.6. The van der Waals surface area contributed by atoms with E-state index in [1.807, 2.05) is 0 Å². The van der Waals surface area contributed by atoms with Gasteiger partial charge in [-0.3, -0.25) is 14.4 Å². The van der Waals surface area contributed by atoms with Crippen molar-refractivity contribution in [3.05, 3.63) is 170 Å². The Hall–Kier alpha value is -5.23. The maximum absolute atomic E-state index is 12.9. The summed E-state index contributed by atoms with van der Waals surface area (Å²) >= 11 is 0. The van der Waals surface area contributed by atoms with Crippen molar-refractivity contribution in [3.63, 3.8) is 0 Å². The molecule has 6 heteroatoms. The van der Waals surface area contributed by atoms with Crippen LogP contribution in [0.25, 0.3) is 0 Å². The number of carbonyl (C=O) groups is 3. The molecular formula is C77H122O6. The Morgan fingerprint density at radius 1 is 0.253 bits per heavy atom. The molecule has 0 saturated heterocycles. The lowest BCUT2D eigenvalue weighted by atomic mass is 10.1. The van der Waals surface area contributed by atoms with E-state index in [9.17, 15) is 14.4 Å². The fraction of sp³-hybridized carbons (Fsp3) is 0.597. The van der Waals surface area contributed by atoms with E-state index in [1.165, 1.54) is 83.5 Å². The minimum Gasteiger partial charge on any atom is -0.462 e. The molecule has 0 aliphatic heterocycles. The van der Waals surface area contributed by atoms with E-state index in [2.05, 4.69) is 191 Å². The van der Waals surface area contributed by atoms with Crippen molar-refractivity contribution in [2.75, 3.05) is 13.2 Å². The maximum atomic E-state index is 12.9. The van der Waals surface area contributed by atoms with Crippen LogP contribution < -0.4 is 0 Å². The van der Waals surface area contributed by atoms with Crippen molar-refractivity contribution in [2.24, 2.45) is 0 Å². The van der Waals surface area contributed by atoms with Gasteiger partial charge in [0.1, 0.15) is 13.2 Å². The summed E-state index contributed by atoms with van der Waals surface area (Å²) in [4.78, 5) is 38.4. The van der Waals surface area contributed by atoms with Gasteiger partial charge in [0.15, 0.2) is 6.10 Å². The number of rotatable bonds is 59. The second kappa shape index (κ2) is 69.3. The van der Waals surface area contributed by atoms with Gasteiger partial charge in [-0.1, -0.05) is 281 Å². The molecule has 6 nitrogen and oxygen atoms in total. The van der Waals surface area contributed by atoms with Crippen LogP contribution in [0.15, 0.2) is 170 Å². The van der Waals surface area contributed by atoms with Gasteiger partial charge in [-0.25, -0.2) is 0 Å². The predicted octanol–water partition coefficient (Wildman–Crippen LogP) is 23.4. The Bertz CT molecular complexity index is 1890. The van der Waals surface area contributed by atoms with E-state index in [0.717, 1.165) is 148 Å². The standard InChI is InChI=1S/C77H122O6/c1-4-7-10-13-16-19-22-25-28-30-32-34-35-36-37-38-39-40-41-43-44-46-49-52-55-58-61-64-67-70-76(79)82-73-74(72-81-75(78)69-66-63-60-57-54-51-48-27-24-21-18-15-12-9-6-3)83-77(80)71-68-65-62-59-56-53-50-47-45-42-33-31-29-26-23-20-17-14-11-8-5-2/h7,9-10,12,16,18-19,21,23,25-28,31-34,36-37,39-40,43-44,48-49,52,58,61,74H,4-6,8,11,13-15,17,20,22,24,29-30,35,38,41-42,45-47,50-51,53-57,59-60,62-73H2,1-3H3/b10-7-,12-9-,19-16-,21-18-,26-23-,28-25-,33-31-,34-32-,37-36-,40-39-,44-43-,48-27-,52-49-,61-58-. The van der Waals surface area contributed by atoms with Gasteiger partial charge >= 0.3 is 17.9 Å². The quantitative estimate of drug-likeness (QED) is 0.0261. The van der Waals surface area contributed by atoms with Gasteiger partial charge in [0.2, 0.25) is 0 Å². The first-order valence-corrected chi connectivity index (χ1v) is 33.6. The Labute approximate surface area is 511 Å². The molecule has 0 aromatic heterocycles. The summed E-state index contributed by atoms with van der Waals surface area (Å²) in [6.45, 7) is 6.34. The topological polar surface area (TPSA) is 78.9 Å². The van der Waals surface area contributed by atoms with Gasteiger partial charge in [0.05, 0.1) is 0 Å². The number of hydrogen-bond donors (Lipinski definition) is 0. The molecule has 0 aromatic rings. The minimum absolute atomic E-state index is 0.114. The lowest BCUT2D eigenvalue weighted by Gasteiger charge is -2.18. The van der Waals surface area contributed by atoms with Crippen molar-refractivity contribution in [1.82, 2.24) is 0 Å². The third-order valence-corrected chi connectivity index (χ3v) is 13.7. The second-order valence-corrected chi connectivity index (χ2v) is 21.6. The summed E-state index contributed by atoms with van der Waals surface area (Å²) in [5.41, 5.74) is 0. The van der Waals surface area contributed by atoms with Crippen LogP contribution in [0.1, 0.15) is 278 Å². The van der Waals surface area contributed by atoms with E-state index in [-0.39, 0.29) is 37.5 Å². The summed E-state index contributed by atoms with van der Waals surface area (Å²) < 4.78 is 16.9. The zero-order valence-electron chi connectivity index (χ0n) is 53.4. The summed E-state index contributed by atoms with van der Waals surface area (Å²) in [6.07, 6.45) is 102. The first-order chi connectivity index (χ1) is 41.0. The molecule has 0 radical (unpaired) electrons. The van der Waals surface area contributed by atoms with Crippen molar-refractivity contribution < 1.29 is 28.6 Å². The number of esters is 3. The number of allylic oxidation sites excluding steroid dienone is 28. The van der Waals surface area contributed by atoms with Crippen LogP contribution in [0.4, 0.5) is 0 Å². The van der Waals surface area contributed by atoms with Gasteiger partial charge < -0.3 is 14.2 Å². The van der Waals surface area contributed by atoms with Crippen molar-refractivity contribution in [3.8, 4) is 0 Å². The molecule has 0 amide bonds. The van der Waals surface area contributed by atoms with Gasteiger partial charge in [-0.15, -0.1) is 0 Å². The molecule has 1 unspecified atom stereocenters. The van der Waals surface area contributed by atoms with Crippen molar-refractivity contribution in [1.29, 1.82) is 0 Å². The fourth-order valence-corrected chi connectivity index (χ4v) is 8.72. The van der Waals surface area contributed by atoms with E-state index in [1.54, 1.807) is 0 Å². The van der Waals surface area contributed by atoms with Crippen molar-refractivity contribution in [2.45, 2.75) is 284 Å². The van der Waals surface area contributed by atoms with E-state index in [4.69, 9.17) is 14.2 Å². The molecule has 0 bridgehead atoms. The third kappa shape index (κ3) is 67.4. The van der Waals surface area contributed by atoms with Crippen LogP contribution in [0, 0.1) is 0 Å². The van der Waals surface area contributed by atoms with Crippen LogP contribution in [0.5, 0.6) is 0 Å². The fourth-order valence-electron chi connectivity index (χ4n) is 8.72. The summed E-state index contributed by atoms with van der Waals surface area (Å²) in [5, 5.41) is 0. The van der Waals surface area contributed by atoms with Gasteiger partial charge in [-0.05, 0) is 148 Å². The maximum Gasteiger partial charge on any atom is 0.306 e. The lowest BCUT2D eigenvalue weighted by Crippen LogP contribution is -2.30. The molecule has 1 atom stereocenters. The Kier molecular flexibility index (Phi) is 64.9. The van der Waals surface area contributed by atoms with Crippen molar-refractivity contribution >= 4 is 17.9 Å². The third-order valence-electron chi connectivity index (χ3n) is 13.7. The summed E-state index contributed by atoms with van der Waals surface area (Å²) in [6, 6.07) is 0. The highest BCUT2D eigenvalue weighted by Crippen LogP contribution is 2.14. The smallest absolute Gasteiger partial charge is 0.306 e. The zero-order valence-corrected chi connectivity index (χ0v) is 53.4. The Balaban J connectivity index is 4.50. The SMILES string of the molecule is CC/C=C\C/C=C\C/C=C\C/C=C\C/C=C\C/C=C\C/C=C\C/C=C\C/C=C\CCCC(=O)OCC(COC(=O)CCCCCCC/C=C\C/C=C\C/C=C\CC)OC(=O)CCCCCCCCCCC/C=C\C/C=C\CCCCCCC. The van der Waals surface area contributed by atoms with Crippen LogP contribution >= 0.6 is 0 Å². The van der Waals surface area contributed by atoms with Crippen LogP contribution in [0.3, 0.4) is 0 Å². The highest BCUT2D eigenvalue weighted by atomic mass is 16.6. The van der Waals surface area contributed by atoms with Crippen LogP contribution in [-0.4, -0.2) is 37.2 Å². The number of hydrogen-bond acceptors (Lipinski definition) is 6. The Morgan fingerprint density at radius 2 is 0.482 bits per heavy atom. The highest BCUT2D eigenvalue weighted by Gasteiger charge is 2.19.